The van der Waals surface area contributed by atoms with E-state index in [2.05, 4.69) is 36.4 Å². The van der Waals surface area contributed by atoms with Crippen LogP contribution in [0, 0.1) is 5.41 Å². The van der Waals surface area contributed by atoms with Gasteiger partial charge in [0.15, 0.2) is 0 Å². The van der Waals surface area contributed by atoms with Crippen LogP contribution in [0.2, 0.25) is 0 Å². The van der Waals surface area contributed by atoms with Gasteiger partial charge in [0.05, 0.1) is 25.2 Å². The monoisotopic (exact) mass is 290 g/mol. The Morgan fingerprint density at radius 2 is 2.29 bits per heavy atom. The van der Waals surface area contributed by atoms with Crippen LogP contribution in [0.15, 0.2) is 41.5 Å². The summed E-state index contributed by atoms with van der Waals surface area (Å²) in [5.41, 5.74) is -0.0632. The molecule has 0 bridgehead atoms. The molecule has 0 aliphatic heterocycles. The smallest absolute Gasteiger partial charge is 0.315 e. The first kappa shape index (κ1) is 15.2. The Hall–Kier alpha value is -2.24. The molecule has 0 aromatic carbocycles. The predicted octanol–water partition coefficient (Wildman–Crippen LogP) is 2.39. The fourth-order valence-electron chi connectivity index (χ4n) is 1.93. The molecule has 114 valence electrons. The van der Waals surface area contributed by atoms with Crippen molar-refractivity contribution in [3.05, 3.63) is 42.9 Å². The maximum absolute atomic E-state index is 12.0. The van der Waals surface area contributed by atoms with Crippen LogP contribution in [0.3, 0.4) is 0 Å². The van der Waals surface area contributed by atoms with Gasteiger partial charge in [-0.1, -0.05) is 20.8 Å². The van der Waals surface area contributed by atoms with E-state index in [-0.39, 0.29) is 17.5 Å². The number of nitrogens with one attached hydrogen (secondary N) is 2. The largest absolute Gasteiger partial charge is 0.467 e. The van der Waals surface area contributed by atoms with Gasteiger partial charge >= 0.3 is 6.03 Å². The van der Waals surface area contributed by atoms with Crippen molar-refractivity contribution >= 4 is 6.03 Å². The van der Waals surface area contributed by atoms with E-state index in [1.807, 2.05) is 16.8 Å². The van der Waals surface area contributed by atoms with Crippen LogP contribution in [-0.2, 0) is 13.1 Å². The summed E-state index contributed by atoms with van der Waals surface area (Å²) in [5.74, 6) is 0.729. The van der Waals surface area contributed by atoms with Gasteiger partial charge in [-0.15, -0.1) is 0 Å². The van der Waals surface area contributed by atoms with E-state index in [9.17, 15) is 4.79 Å². The summed E-state index contributed by atoms with van der Waals surface area (Å²) in [7, 11) is 0. The topological polar surface area (TPSA) is 72.1 Å². The molecular formula is C15H22N4O2. The summed E-state index contributed by atoms with van der Waals surface area (Å²) >= 11 is 0. The Bertz CT molecular complexity index is 541. The molecule has 0 saturated carbocycles. The second-order valence-corrected chi connectivity index (χ2v) is 6.08. The second-order valence-electron chi connectivity index (χ2n) is 6.08. The van der Waals surface area contributed by atoms with Crippen molar-refractivity contribution in [3.8, 4) is 0 Å². The van der Waals surface area contributed by atoms with Crippen LogP contribution in [0.5, 0.6) is 0 Å². The Morgan fingerprint density at radius 3 is 2.86 bits per heavy atom. The van der Waals surface area contributed by atoms with Crippen molar-refractivity contribution in [2.45, 2.75) is 39.9 Å². The Balaban J connectivity index is 1.90. The zero-order valence-corrected chi connectivity index (χ0v) is 12.7. The molecule has 2 amide bonds. The molecule has 0 aliphatic rings. The fraction of sp³-hybridized carbons (Fsp3) is 0.467. The standard InChI is InChI=1S/C15H22N4O2/c1-15(2,3)13(10-19-7-6-16-11-19)18-14(20)17-9-12-5-4-8-21-12/h4-8,11,13H,9-10H2,1-3H3,(H2,17,18,20). The zero-order chi connectivity index (χ0) is 15.3. The van der Waals surface area contributed by atoms with Gasteiger partial charge < -0.3 is 19.6 Å². The lowest BCUT2D eigenvalue weighted by Gasteiger charge is -2.31. The summed E-state index contributed by atoms with van der Waals surface area (Å²) in [4.78, 5) is 16.1. The fourth-order valence-corrected chi connectivity index (χ4v) is 1.93. The maximum atomic E-state index is 12.0. The molecule has 0 spiro atoms. The Morgan fingerprint density at radius 1 is 1.48 bits per heavy atom. The van der Waals surface area contributed by atoms with Gasteiger partial charge in [-0.05, 0) is 17.5 Å². The van der Waals surface area contributed by atoms with Crippen LogP contribution in [0.25, 0.3) is 0 Å². The van der Waals surface area contributed by atoms with Crippen LogP contribution in [0.4, 0.5) is 4.79 Å². The number of hydrogen-bond acceptors (Lipinski definition) is 3. The molecule has 0 saturated heterocycles. The first-order chi connectivity index (χ1) is 9.95. The van der Waals surface area contributed by atoms with Crippen LogP contribution >= 0.6 is 0 Å². The van der Waals surface area contributed by atoms with E-state index in [0.717, 1.165) is 5.76 Å². The minimum absolute atomic E-state index is 0.0108. The van der Waals surface area contributed by atoms with Gasteiger partial charge in [0.25, 0.3) is 0 Å². The molecule has 2 aromatic rings. The van der Waals surface area contributed by atoms with Crippen molar-refractivity contribution < 1.29 is 9.21 Å². The number of carbonyl (C=O) groups excluding carboxylic acids is 1. The average molecular weight is 290 g/mol. The highest BCUT2D eigenvalue weighted by molar-refractivity contribution is 5.74. The van der Waals surface area contributed by atoms with Gasteiger partial charge in [0.2, 0.25) is 0 Å². The highest BCUT2D eigenvalue weighted by Crippen LogP contribution is 2.20. The minimum Gasteiger partial charge on any atom is -0.467 e. The maximum Gasteiger partial charge on any atom is 0.315 e. The molecule has 6 heteroatoms. The van der Waals surface area contributed by atoms with E-state index < -0.39 is 0 Å². The summed E-state index contributed by atoms with van der Waals surface area (Å²) < 4.78 is 7.15. The van der Waals surface area contributed by atoms with Gasteiger partial charge in [-0.3, -0.25) is 0 Å². The predicted molar refractivity (Wildman–Crippen MR) is 79.5 cm³/mol. The molecule has 21 heavy (non-hydrogen) atoms. The van der Waals surface area contributed by atoms with Gasteiger partial charge in [0, 0.05) is 18.9 Å². The van der Waals surface area contributed by atoms with E-state index in [1.54, 1.807) is 24.9 Å². The lowest BCUT2D eigenvalue weighted by Crippen LogP contribution is -2.49. The van der Waals surface area contributed by atoms with E-state index in [4.69, 9.17) is 4.42 Å². The van der Waals surface area contributed by atoms with E-state index in [1.165, 1.54) is 0 Å². The Kier molecular flexibility index (Phi) is 4.67. The molecule has 0 aliphatic carbocycles. The van der Waals surface area contributed by atoms with Crippen molar-refractivity contribution in [1.82, 2.24) is 20.2 Å². The molecule has 0 fully saturated rings. The normalized spacial score (nSPS) is 12.9. The first-order valence-corrected chi connectivity index (χ1v) is 6.97. The third kappa shape index (κ3) is 4.66. The van der Waals surface area contributed by atoms with Crippen molar-refractivity contribution in [3.63, 3.8) is 0 Å². The number of amides is 2. The summed E-state index contributed by atoms with van der Waals surface area (Å²) in [5, 5.41) is 5.82. The number of rotatable bonds is 5. The highest BCUT2D eigenvalue weighted by Gasteiger charge is 2.26. The number of urea groups is 1. The quantitative estimate of drug-likeness (QED) is 0.888. The summed E-state index contributed by atoms with van der Waals surface area (Å²) in [6.07, 6.45) is 6.96. The molecule has 6 nitrogen and oxygen atoms in total. The second kappa shape index (κ2) is 6.47. The molecule has 2 N–H and O–H groups in total. The third-order valence-electron chi connectivity index (χ3n) is 3.31. The highest BCUT2D eigenvalue weighted by atomic mass is 16.3. The molecule has 0 radical (unpaired) electrons. The van der Waals surface area contributed by atoms with Gasteiger partial charge in [-0.25, -0.2) is 9.78 Å². The van der Waals surface area contributed by atoms with Gasteiger partial charge in [0.1, 0.15) is 5.76 Å². The van der Waals surface area contributed by atoms with Crippen molar-refractivity contribution in [2.24, 2.45) is 5.41 Å². The summed E-state index contributed by atoms with van der Waals surface area (Å²) in [6, 6.07) is 3.41. The third-order valence-corrected chi connectivity index (χ3v) is 3.31. The molecule has 1 atom stereocenters. The number of imidazole rings is 1. The lowest BCUT2D eigenvalue weighted by molar-refractivity contribution is 0.208. The Labute approximate surface area is 124 Å². The molecule has 2 heterocycles. The van der Waals surface area contributed by atoms with E-state index in [0.29, 0.717) is 13.1 Å². The van der Waals surface area contributed by atoms with Crippen LogP contribution < -0.4 is 10.6 Å². The number of carbonyl (C=O) groups is 1. The molecule has 2 rings (SSSR count). The van der Waals surface area contributed by atoms with Crippen molar-refractivity contribution in [2.75, 3.05) is 0 Å². The molecular weight excluding hydrogens is 268 g/mol. The zero-order valence-electron chi connectivity index (χ0n) is 12.7. The van der Waals surface area contributed by atoms with Crippen LogP contribution in [-0.4, -0.2) is 21.6 Å². The van der Waals surface area contributed by atoms with E-state index >= 15 is 0 Å². The minimum atomic E-state index is -0.202. The SMILES string of the molecule is CC(C)(C)C(Cn1ccnc1)NC(=O)NCc1ccco1. The van der Waals surface area contributed by atoms with Crippen molar-refractivity contribution in [1.29, 1.82) is 0 Å². The number of furan rings is 1. The van der Waals surface area contributed by atoms with Crippen LogP contribution in [0.1, 0.15) is 26.5 Å². The number of hydrogen-bond donors (Lipinski definition) is 2. The van der Waals surface area contributed by atoms with Gasteiger partial charge in [-0.2, -0.15) is 0 Å². The summed E-state index contributed by atoms with van der Waals surface area (Å²) in [6.45, 7) is 7.35. The average Bonchev–Trinajstić information content (AvgIpc) is 3.07. The first-order valence-electron chi connectivity index (χ1n) is 6.97. The number of aromatic nitrogens is 2. The lowest BCUT2D eigenvalue weighted by atomic mass is 9.86. The molecule has 1 unspecified atom stereocenters. The molecule has 2 aromatic heterocycles. The number of nitrogens with zero attached hydrogens (tertiary/aromatic N) is 2.